The van der Waals surface area contributed by atoms with Gasteiger partial charge in [0.25, 0.3) is 0 Å². The molecule has 1 fully saturated rings. The highest BCUT2D eigenvalue weighted by molar-refractivity contribution is 5.94. The standard InChI is InChI=1S/C12H14N6O/c1-17-8-9(7-14-17)15-12-13-5-4-10(16-12)18-6-2-3-11(18)19/h4-5,7-8H,2-3,6H2,1H3,(H,13,15,16). The van der Waals surface area contributed by atoms with Gasteiger partial charge in [-0.1, -0.05) is 0 Å². The second kappa shape index (κ2) is 4.68. The number of nitrogens with one attached hydrogen (secondary N) is 1. The van der Waals surface area contributed by atoms with Crippen LogP contribution in [0.2, 0.25) is 0 Å². The van der Waals surface area contributed by atoms with Crippen molar-refractivity contribution in [1.82, 2.24) is 19.7 Å². The Hall–Kier alpha value is -2.44. The molecule has 1 saturated heterocycles. The summed E-state index contributed by atoms with van der Waals surface area (Å²) in [5.41, 5.74) is 0.812. The summed E-state index contributed by atoms with van der Waals surface area (Å²) in [7, 11) is 1.84. The minimum absolute atomic E-state index is 0.117. The van der Waals surface area contributed by atoms with Gasteiger partial charge in [-0.25, -0.2) is 4.98 Å². The van der Waals surface area contributed by atoms with E-state index in [1.807, 2.05) is 13.2 Å². The Labute approximate surface area is 110 Å². The number of aromatic nitrogens is 4. The lowest BCUT2D eigenvalue weighted by molar-refractivity contribution is -0.117. The molecule has 0 aromatic carbocycles. The van der Waals surface area contributed by atoms with Gasteiger partial charge in [0, 0.05) is 32.4 Å². The molecule has 0 spiro atoms. The van der Waals surface area contributed by atoms with Gasteiger partial charge in [-0.15, -0.1) is 0 Å². The first-order chi connectivity index (χ1) is 9.22. The predicted molar refractivity (Wildman–Crippen MR) is 70.1 cm³/mol. The number of nitrogens with zero attached hydrogens (tertiary/aromatic N) is 5. The van der Waals surface area contributed by atoms with Crippen LogP contribution in [0, 0.1) is 0 Å². The number of hydrogen-bond acceptors (Lipinski definition) is 5. The van der Waals surface area contributed by atoms with Gasteiger partial charge in [-0.3, -0.25) is 14.4 Å². The Morgan fingerprint density at radius 2 is 2.32 bits per heavy atom. The Morgan fingerprint density at radius 3 is 3.00 bits per heavy atom. The molecule has 7 nitrogen and oxygen atoms in total. The highest BCUT2D eigenvalue weighted by Gasteiger charge is 2.22. The zero-order valence-corrected chi connectivity index (χ0v) is 10.6. The van der Waals surface area contributed by atoms with Crippen LogP contribution in [0.4, 0.5) is 17.5 Å². The number of carbonyl (C=O) groups excluding carboxylic acids is 1. The Balaban J connectivity index is 1.81. The summed E-state index contributed by atoms with van der Waals surface area (Å²) < 4.78 is 1.69. The first kappa shape index (κ1) is 11.6. The molecule has 3 heterocycles. The molecule has 3 rings (SSSR count). The van der Waals surface area contributed by atoms with Crippen molar-refractivity contribution in [3.05, 3.63) is 24.7 Å². The van der Waals surface area contributed by atoms with Gasteiger partial charge in [-0.2, -0.15) is 10.1 Å². The number of amides is 1. The van der Waals surface area contributed by atoms with Gasteiger partial charge in [-0.05, 0) is 12.5 Å². The van der Waals surface area contributed by atoms with Crippen molar-refractivity contribution in [3.63, 3.8) is 0 Å². The Morgan fingerprint density at radius 1 is 1.42 bits per heavy atom. The summed E-state index contributed by atoms with van der Waals surface area (Å²) in [6, 6.07) is 1.75. The maximum Gasteiger partial charge on any atom is 0.229 e. The van der Waals surface area contributed by atoms with E-state index in [1.54, 1.807) is 28.0 Å². The molecule has 1 N–H and O–H groups in total. The van der Waals surface area contributed by atoms with E-state index < -0.39 is 0 Å². The molecular weight excluding hydrogens is 244 g/mol. The van der Waals surface area contributed by atoms with E-state index in [0.717, 1.165) is 18.7 Å². The maximum absolute atomic E-state index is 11.7. The highest BCUT2D eigenvalue weighted by atomic mass is 16.2. The van der Waals surface area contributed by atoms with Crippen molar-refractivity contribution in [2.75, 3.05) is 16.8 Å². The van der Waals surface area contributed by atoms with Gasteiger partial charge < -0.3 is 5.32 Å². The SMILES string of the molecule is Cn1cc(Nc2nccc(N3CCCC3=O)n2)cn1. The molecular formula is C12H14N6O. The van der Waals surface area contributed by atoms with Crippen LogP contribution in [-0.4, -0.2) is 32.2 Å². The first-order valence-corrected chi connectivity index (χ1v) is 6.11. The van der Waals surface area contributed by atoms with Crippen molar-refractivity contribution < 1.29 is 4.79 Å². The summed E-state index contributed by atoms with van der Waals surface area (Å²) >= 11 is 0. The lowest BCUT2D eigenvalue weighted by Gasteiger charge is -2.14. The molecule has 98 valence electrons. The highest BCUT2D eigenvalue weighted by Crippen LogP contribution is 2.20. The van der Waals surface area contributed by atoms with Crippen LogP contribution in [0.15, 0.2) is 24.7 Å². The van der Waals surface area contributed by atoms with Crippen molar-refractivity contribution in [2.24, 2.45) is 7.05 Å². The Kier molecular flexibility index (Phi) is 2.86. The second-order valence-corrected chi connectivity index (χ2v) is 4.42. The van der Waals surface area contributed by atoms with Crippen LogP contribution in [0.3, 0.4) is 0 Å². The predicted octanol–water partition coefficient (Wildman–Crippen LogP) is 1.08. The van der Waals surface area contributed by atoms with E-state index in [2.05, 4.69) is 20.4 Å². The van der Waals surface area contributed by atoms with Crippen molar-refractivity contribution in [3.8, 4) is 0 Å². The number of rotatable bonds is 3. The Bertz CT molecular complexity index is 608. The fourth-order valence-electron chi connectivity index (χ4n) is 2.06. The van der Waals surface area contributed by atoms with Gasteiger partial charge in [0.05, 0.1) is 11.9 Å². The largest absolute Gasteiger partial charge is 0.321 e. The smallest absolute Gasteiger partial charge is 0.229 e. The molecule has 1 amide bonds. The summed E-state index contributed by atoms with van der Waals surface area (Å²) in [6.07, 6.45) is 6.64. The molecule has 0 bridgehead atoms. The van der Waals surface area contributed by atoms with Gasteiger partial charge >= 0.3 is 0 Å². The van der Waals surface area contributed by atoms with E-state index in [0.29, 0.717) is 18.2 Å². The van der Waals surface area contributed by atoms with Gasteiger partial charge in [0.2, 0.25) is 11.9 Å². The van der Waals surface area contributed by atoms with E-state index >= 15 is 0 Å². The molecule has 0 unspecified atom stereocenters. The second-order valence-electron chi connectivity index (χ2n) is 4.42. The monoisotopic (exact) mass is 258 g/mol. The van der Waals surface area contributed by atoms with Crippen molar-refractivity contribution in [2.45, 2.75) is 12.8 Å². The molecule has 0 aliphatic carbocycles. The molecule has 2 aromatic rings. The van der Waals surface area contributed by atoms with E-state index in [4.69, 9.17) is 0 Å². The lowest BCUT2D eigenvalue weighted by atomic mass is 10.4. The van der Waals surface area contributed by atoms with Crippen LogP contribution >= 0.6 is 0 Å². The molecule has 0 atom stereocenters. The number of anilines is 3. The van der Waals surface area contributed by atoms with Crippen molar-refractivity contribution in [1.29, 1.82) is 0 Å². The van der Waals surface area contributed by atoms with E-state index in [-0.39, 0.29) is 5.91 Å². The van der Waals surface area contributed by atoms with Gasteiger partial charge in [0.1, 0.15) is 5.82 Å². The minimum atomic E-state index is 0.117. The number of aryl methyl sites for hydroxylation is 1. The molecule has 2 aromatic heterocycles. The third-order valence-electron chi connectivity index (χ3n) is 2.95. The molecule has 7 heteroatoms. The first-order valence-electron chi connectivity index (χ1n) is 6.11. The number of carbonyl (C=O) groups is 1. The third-order valence-corrected chi connectivity index (χ3v) is 2.95. The summed E-state index contributed by atoms with van der Waals surface area (Å²) in [4.78, 5) is 21.9. The van der Waals surface area contributed by atoms with E-state index in [9.17, 15) is 4.79 Å². The van der Waals surface area contributed by atoms with Crippen molar-refractivity contribution >= 4 is 23.4 Å². The fourth-order valence-corrected chi connectivity index (χ4v) is 2.06. The maximum atomic E-state index is 11.7. The zero-order chi connectivity index (χ0) is 13.2. The lowest BCUT2D eigenvalue weighted by Crippen LogP contribution is -2.24. The zero-order valence-electron chi connectivity index (χ0n) is 10.6. The summed E-state index contributed by atoms with van der Waals surface area (Å²) in [6.45, 7) is 0.724. The van der Waals surface area contributed by atoms with Crippen LogP contribution in [-0.2, 0) is 11.8 Å². The van der Waals surface area contributed by atoms with Crippen LogP contribution in [0.1, 0.15) is 12.8 Å². The summed E-state index contributed by atoms with van der Waals surface area (Å²) in [5, 5.41) is 7.12. The van der Waals surface area contributed by atoms with Crippen LogP contribution in [0.25, 0.3) is 0 Å². The fraction of sp³-hybridized carbons (Fsp3) is 0.333. The topological polar surface area (TPSA) is 75.9 Å². The quantitative estimate of drug-likeness (QED) is 0.891. The average Bonchev–Trinajstić information content (AvgIpc) is 2.99. The molecule has 1 aliphatic rings. The van der Waals surface area contributed by atoms with Crippen LogP contribution < -0.4 is 10.2 Å². The third kappa shape index (κ3) is 2.40. The molecule has 0 saturated carbocycles. The molecule has 1 aliphatic heterocycles. The summed E-state index contributed by atoms with van der Waals surface area (Å²) in [5.74, 6) is 1.22. The number of hydrogen-bond donors (Lipinski definition) is 1. The molecule has 19 heavy (non-hydrogen) atoms. The molecule has 0 radical (unpaired) electrons. The van der Waals surface area contributed by atoms with E-state index in [1.165, 1.54) is 0 Å². The van der Waals surface area contributed by atoms with Crippen LogP contribution in [0.5, 0.6) is 0 Å². The normalized spacial score (nSPS) is 15.0. The average molecular weight is 258 g/mol. The van der Waals surface area contributed by atoms with Gasteiger partial charge in [0.15, 0.2) is 0 Å². The minimum Gasteiger partial charge on any atom is -0.321 e.